The fraction of sp³-hybridized carbons (Fsp3) is 0.393. The Bertz CT molecular complexity index is 1330. The second-order valence-electron chi connectivity index (χ2n) is 10.1. The van der Waals surface area contributed by atoms with Crippen molar-refractivity contribution in [1.82, 2.24) is 19.7 Å². The number of hydrogen-bond donors (Lipinski definition) is 1. The molecule has 3 heterocycles. The maximum absolute atomic E-state index is 13.8. The SMILES string of the molecule is Cc1[nH]c2ccc(C(=O)C(=O)N3CCC3)cc2c1C(=O)N1C[C@H](C)N(Cc2ccc(F)cc2)C[C@H]1C. The molecular weight excluding hydrogens is 459 g/mol. The van der Waals surface area contributed by atoms with Crippen molar-refractivity contribution >= 4 is 28.5 Å². The normalized spacial score (nSPS) is 20.4. The zero-order valence-corrected chi connectivity index (χ0v) is 20.9. The maximum Gasteiger partial charge on any atom is 0.294 e. The number of H-pyrrole nitrogens is 1. The van der Waals surface area contributed by atoms with Gasteiger partial charge >= 0.3 is 0 Å². The van der Waals surface area contributed by atoms with Crippen LogP contribution in [0.1, 0.15) is 52.2 Å². The molecule has 2 aliphatic heterocycles. The van der Waals surface area contributed by atoms with Crippen LogP contribution < -0.4 is 0 Å². The third-order valence-electron chi connectivity index (χ3n) is 7.47. The number of fused-ring (bicyclic) bond motifs is 1. The first kappa shape index (κ1) is 24.2. The average molecular weight is 491 g/mol. The van der Waals surface area contributed by atoms with E-state index in [4.69, 9.17) is 0 Å². The van der Waals surface area contributed by atoms with Crippen molar-refractivity contribution in [3.05, 3.63) is 70.7 Å². The third kappa shape index (κ3) is 4.41. The summed E-state index contributed by atoms with van der Waals surface area (Å²) in [5.74, 6) is -1.36. The number of nitrogens with one attached hydrogen (secondary N) is 1. The van der Waals surface area contributed by atoms with E-state index in [-0.39, 0.29) is 23.8 Å². The number of rotatable bonds is 5. The summed E-state index contributed by atoms with van der Waals surface area (Å²) in [6.45, 7) is 9.16. The number of aryl methyl sites for hydroxylation is 1. The molecule has 0 radical (unpaired) electrons. The highest BCUT2D eigenvalue weighted by molar-refractivity contribution is 6.43. The van der Waals surface area contributed by atoms with Gasteiger partial charge in [0.1, 0.15) is 5.82 Å². The van der Waals surface area contributed by atoms with Crippen LogP contribution >= 0.6 is 0 Å². The predicted octanol–water partition coefficient (Wildman–Crippen LogP) is 3.77. The number of Topliss-reactive ketones (excluding diaryl/α,β-unsaturated/α-hetero) is 1. The van der Waals surface area contributed by atoms with Crippen LogP contribution in [0.25, 0.3) is 10.9 Å². The molecule has 1 N–H and O–H groups in total. The number of benzene rings is 2. The molecule has 1 aromatic heterocycles. The van der Waals surface area contributed by atoms with Gasteiger partial charge in [0.25, 0.3) is 11.8 Å². The summed E-state index contributed by atoms with van der Waals surface area (Å²) in [5.41, 5.74) is 3.38. The molecule has 2 atom stereocenters. The second-order valence-corrected chi connectivity index (χ2v) is 10.1. The van der Waals surface area contributed by atoms with Crippen LogP contribution in [0.2, 0.25) is 0 Å². The van der Waals surface area contributed by atoms with Crippen LogP contribution in [0.4, 0.5) is 4.39 Å². The molecular formula is C28H31FN4O3. The molecule has 36 heavy (non-hydrogen) atoms. The molecule has 0 unspecified atom stereocenters. The van der Waals surface area contributed by atoms with Crippen LogP contribution in [-0.4, -0.2) is 75.5 Å². The molecule has 2 aromatic carbocycles. The van der Waals surface area contributed by atoms with E-state index in [0.29, 0.717) is 49.2 Å². The van der Waals surface area contributed by atoms with Gasteiger partial charge in [-0.15, -0.1) is 0 Å². The number of carbonyl (C=O) groups is 3. The largest absolute Gasteiger partial charge is 0.358 e. The van der Waals surface area contributed by atoms with Crippen molar-refractivity contribution in [1.29, 1.82) is 0 Å². The summed E-state index contributed by atoms with van der Waals surface area (Å²) in [6.07, 6.45) is 0.918. The van der Waals surface area contributed by atoms with Crippen molar-refractivity contribution in [3.63, 3.8) is 0 Å². The first-order valence-electron chi connectivity index (χ1n) is 12.5. The van der Waals surface area contributed by atoms with Crippen molar-refractivity contribution < 1.29 is 18.8 Å². The number of carbonyl (C=O) groups excluding carboxylic acids is 3. The monoisotopic (exact) mass is 490 g/mol. The van der Waals surface area contributed by atoms with Gasteiger partial charge in [-0.1, -0.05) is 12.1 Å². The highest BCUT2D eigenvalue weighted by Crippen LogP contribution is 2.28. The third-order valence-corrected chi connectivity index (χ3v) is 7.47. The van der Waals surface area contributed by atoms with E-state index < -0.39 is 11.7 Å². The first-order chi connectivity index (χ1) is 17.2. The number of piperazine rings is 1. The quantitative estimate of drug-likeness (QED) is 0.436. The summed E-state index contributed by atoms with van der Waals surface area (Å²) >= 11 is 0. The van der Waals surface area contributed by atoms with Crippen molar-refractivity contribution in [2.24, 2.45) is 0 Å². The number of amides is 2. The molecule has 0 saturated carbocycles. The standard InChI is InChI=1S/C28H31FN4O3/c1-17-15-33(18(2)14-32(17)16-20-5-8-22(29)9-6-20)27(35)25-19(3)30-24-10-7-21(13-23(24)25)26(34)28(36)31-11-4-12-31/h5-10,13,17-18,30H,4,11-12,14-16H2,1-3H3/t17-,18+/m0/s1. The molecule has 0 bridgehead atoms. The predicted molar refractivity (Wildman–Crippen MR) is 135 cm³/mol. The van der Waals surface area contributed by atoms with Crippen LogP contribution in [0.5, 0.6) is 0 Å². The molecule has 7 nitrogen and oxygen atoms in total. The van der Waals surface area contributed by atoms with Gasteiger partial charge in [0, 0.05) is 67.0 Å². The van der Waals surface area contributed by atoms with Crippen LogP contribution in [0, 0.1) is 12.7 Å². The van der Waals surface area contributed by atoms with Crippen LogP contribution in [-0.2, 0) is 11.3 Å². The summed E-state index contributed by atoms with van der Waals surface area (Å²) in [6, 6.07) is 11.7. The van der Waals surface area contributed by atoms with Gasteiger partial charge in [-0.2, -0.15) is 0 Å². The van der Waals surface area contributed by atoms with E-state index in [1.165, 1.54) is 12.1 Å². The topological polar surface area (TPSA) is 76.7 Å². The van der Waals surface area contributed by atoms with E-state index in [9.17, 15) is 18.8 Å². The highest BCUT2D eigenvalue weighted by Gasteiger charge is 2.34. The number of aromatic nitrogens is 1. The fourth-order valence-electron chi connectivity index (χ4n) is 5.20. The lowest BCUT2D eigenvalue weighted by Crippen LogP contribution is -2.57. The minimum absolute atomic E-state index is 0.0312. The lowest BCUT2D eigenvalue weighted by molar-refractivity contribution is -0.129. The zero-order chi connectivity index (χ0) is 25.6. The van der Waals surface area contributed by atoms with Gasteiger partial charge in [-0.25, -0.2) is 4.39 Å². The Labute approximate surface area is 209 Å². The summed E-state index contributed by atoms with van der Waals surface area (Å²) in [4.78, 5) is 48.1. The minimum Gasteiger partial charge on any atom is -0.358 e. The molecule has 3 aromatic rings. The van der Waals surface area contributed by atoms with E-state index in [1.54, 1.807) is 35.2 Å². The molecule has 8 heteroatoms. The molecule has 2 saturated heterocycles. The number of aromatic amines is 1. The number of ketones is 1. The van der Waals surface area contributed by atoms with E-state index in [2.05, 4.69) is 16.8 Å². The number of likely N-dealkylation sites (tertiary alicyclic amines) is 1. The summed E-state index contributed by atoms with van der Waals surface area (Å²) in [5, 5.41) is 0.661. The maximum atomic E-state index is 13.8. The van der Waals surface area contributed by atoms with Gasteiger partial charge in [-0.3, -0.25) is 19.3 Å². The Morgan fingerprint density at radius 2 is 1.72 bits per heavy atom. The summed E-state index contributed by atoms with van der Waals surface area (Å²) < 4.78 is 13.3. The van der Waals surface area contributed by atoms with Gasteiger partial charge < -0.3 is 14.8 Å². The van der Waals surface area contributed by atoms with Gasteiger partial charge in [0.2, 0.25) is 5.78 Å². The van der Waals surface area contributed by atoms with Crippen molar-refractivity contribution in [2.75, 3.05) is 26.2 Å². The van der Waals surface area contributed by atoms with Crippen LogP contribution in [0.3, 0.4) is 0 Å². The molecule has 2 fully saturated rings. The Balaban J connectivity index is 1.37. The smallest absolute Gasteiger partial charge is 0.294 e. The van der Waals surface area contributed by atoms with Gasteiger partial charge in [-0.05, 0) is 63.1 Å². The number of hydrogen-bond acceptors (Lipinski definition) is 4. The molecule has 0 aliphatic carbocycles. The van der Waals surface area contributed by atoms with Crippen molar-refractivity contribution in [2.45, 2.75) is 45.8 Å². The van der Waals surface area contributed by atoms with E-state index in [1.807, 2.05) is 18.7 Å². The lowest BCUT2D eigenvalue weighted by Gasteiger charge is -2.44. The Hall–Kier alpha value is -3.52. The molecule has 0 spiro atoms. The number of halogens is 1. The van der Waals surface area contributed by atoms with E-state index in [0.717, 1.165) is 23.2 Å². The fourth-order valence-corrected chi connectivity index (χ4v) is 5.20. The Kier molecular flexibility index (Phi) is 6.38. The highest BCUT2D eigenvalue weighted by atomic mass is 19.1. The van der Waals surface area contributed by atoms with Crippen LogP contribution in [0.15, 0.2) is 42.5 Å². The average Bonchev–Trinajstić information content (AvgIpc) is 3.15. The van der Waals surface area contributed by atoms with Gasteiger partial charge in [0.15, 0.2) is 0 Å². The lowest BCUT2D eigenvalue weighted by atomic mass is 10.0. The van der Waals surface area contributed by atoms with Crippen molar-refractivity contribution in [3.8, 4) is 0 Å². The Morgan fingerprint density at radius 3 is 2.39 bits per heavy atom. The molecule has 5 rings (SSSR count). The second kappa shape index (κ2) is 9.50. The molecule has 2 amide bonds. The molecule has 2 aliphatic rings. The summed E-state index contributed by atoms with van der Waals surface area (Å²) in [7, 11) is 0. The molecule has 188 valence electrons. The number of nitrogens with zero attached hydrogens (tertiary/aromatic N) is 3. The van der Waals surface area contributed by atoms with E-state index >= 15 is 0 Å². The Morgan fingerprint density at radius 1 is 1.00 bits per heavy atom. The van der Waals surface area contributed by atoms with Gasteiger partial charge in [0.05, 0.1) is 5.56 Å². The first-order valence-corrected chi connectivity index (χ1v) is 12.5. The zero-order valence-electron chi connectivity index (χ0n) is 20.9. The minimum atomic E-state index is -0.537.